The van der Waals surface area contributed by atoms with Crippen molar-refractivity contribution in [1.82, 2.24) is 0 Å². The predicted molar refractivity (Wildman–Crippen MR) is 52.0 cm³/mol. The normalized spacial score (nSPS) is 9.67. The zero-order chi connectivity index (χ0) is 9.14. The van der Waals surface area contributed by atoms with Gasteiger partial charge in [0.15, 0.2) is 11.5 Å². The van der Waals surface area contributed by atoms with Crippen molar-refractivity contribution in [3.05, 3.63) is 22.2 Å². The maximum atomic E-state index is 5.18. The summed E-state index contributed by atoms with van der Waals surface area (Å²) in [5, 5.41) is 0. The number of ether oxygens (including phenoxy) is 2. The zero-order valence-electron chi connectivity index (χ0n) is 7.35. The lowest BCUT2D eigenvalue weighted by Crippen LogP contribution is -1.92. The minimum atomic E-state index is 0.754. The first kappa shape index (κ1) is 9.39. The molecule has 0 spiro atoms. The van der Waals surface area contributed by atoms with Crippen molar-refractivity contribution in [1.29, 1.82) is 0 Å². The van der Waals surface area contributed by atoms with Gasteiger partial charge in [-0.1, -0.05) is 15.9 Å². The van der Waals surface area contributed by atoms with Gasteiger partial charge in [0.2, 0.25) is 0 Å². The lowest BCUT2D eigenvalue weighted by atomic mass is 10.2. The molecule has 0 heterocycles. The summed E-state index contributed by atoms with van der Waals surface area (Å²) in [6.07, 6.45) is 0. The van der Waals surface area contributed by atoms with E-state index in [0.29, 0.717) is 0 Å². The number of benzene rings is 1. The molecule has 0 fully saturated rings. The third-order valence-electron chi connectivity index (χ3n) is 1.63. The quantitative estimate of drug-likeness (QED) is 0.779. The lowest BCUT2D eigenvalue weighted by Gasteiger charge is -2.10. The molecule has 0 aliphatic carbocycles. The van der Waals surface area contributed by atoms with E-state index >= 15 is 0 Å². The monoisotopic (exact) mass is 230 g/mol. The Balaban J connectivity index is 3.24. The fourth-order valence-electron chi connectivity index (χ4n) is 1.11. The van der Waals surface area contributed by atoms with Crippen LogP contribution in [0.1, 0.15) is 5.56 Å². The van der Waals surface area contributed by atoms with Crippen molar-refractivity contribution in [2.24, 2.45) is 0 Å². The summed E-state index contributed by atoms with van der Waals surface area (Å²) in [4.78, 5) is 0. The Morgan fingerprint density at radius 3 is 2.33 bits per heavy atom. The van der Waals surface area contributed by atoms with Crippen molar-refractivity contribution in [3.8, 4) is 11.5 Å². The highest BCUT2D eigenvalue weighted by molar-refractivity contribution is 9.10. The molecular formula is C9H11BrO2. The van der Waals surface area contributed by atoms with Crippen LogP contribution in [0.4, 0.5) is 0 Å². The van der Waals surface area contributed by atoms with E-state index in [1.54, 1.807) is 14.2 Å². The number of methoxy groups -OCH3 is 2. The van der Waals surface area contributed by atoms with E-state index in [0.717, 1.165) is 21.5 Å². The van der Waals surface area contributed by atoms with Gasteiger partial charge in [0, 0.05) is 4.47 Å². The van der Waals surface area contributed by atoms with Crippen LogP contribution < -0.4 is 9.47 Å². The smallest absolute Gasteiger partial charge is 0.163 e. The van der Waals surface area contributed by atoms with Gasteiger partial charge in [-0.2, -0.15) is 0 Å². The third-order valence-corrected chi connectivity index (χ3v) is 2.09. The van der Waals surface area contributed by atoms with Crippen LogP contribution in [0, 0.1) is 6.92 Å². The molecule has 0 aliphatic heterocycles. The topological polar surface area (TPSA) is 18.5 Å². The Hall–Kier alpha value is -0.700. The second-order valence-electron chi connectivity index (χ2n) is 2.46. The van der Waals surface area contributed by atoms with E-state index in [1.165, 1.54) is 0 Å². The largest absolute Gasteiger partial charge is 0.493 e. The van der Waals surface area contributed by atoms with E-state index in [4.69, 9.17) is 9.47 Å². The van der Waals surface area contributed by atoms with E-state index in [1.807, 2.05) is 19.1 Å². The molecule has 0 saturated heterocycles. The number of hydrogen-bond donors (Lipinski definition) is 0. The molecule has 0 unspecified atom stereocenters. The second kappa shape index (κ2) is 3.81. The molecular weight excluding hydrogens is 220 g/mol. The highest BCUT2D eigenvalue weighted by Gasteiger charge is 2.07. The summed E-state index contributed by atoms with van der Waals surface area (Å²) in [5.74, 6) is 1.55. The van der Waals surface area contributed by atoms with Gasteiger partial charge in [-0.3, -0.25) is 0 Å². The number of halogens is 1. The molecule has 0 amide bonds. The summed E-state index contributed by atoms with van der Waals surface area (Å²) in [7, 11) is 3.27. The van der Waals surface area contributed by atoms with Crippen LogP contribution >= 0.6 is 15.9 Å². The maximum absolute atomic E-state index is 5.18. The molecule has 0 bridgehead atoms. The Kier molecular flexibility index (Phi) is 2.98. The van der Waals surface area contributed by atoms with Crippen LogP contribution in [0.3, 0.4) is 0 Å². The standard InChI is InChI=1S/C9H11BrO2/c1-6-4-7(10)5-8(11-2)9(6)12-3/h4-5H,1-3H3. The first-order valence-corrected chi connectivity index (χ1v) is 4.36. The van der Waals surface area contributed by atoms with E-state index in [2.05, 4.69) is 15.9 Å². The van der Waals surface area contributed by atoms with E-state index < -0.39 is 0 Å². The second-order valence-corrected chi connectivity index (χ2v) is 3.37. The van der Waals surface area contributed by atoms with Crippen molar-refractivity contribution in [2.75, 3.05) is 14.2 Å². The van der Waals surface area contributed by atoms with Crippen molar-refractivity contribution in [3.63, 3.8) is 0 Å². The molecule has 0 radical (unpaired) electrons. The molecule has 2 nitrogen and oxygen atoms in total. The van der Waals surface area contributed by atoms with Crippen LogP contribution in [0.15, 0.2) is 16.6 Å². The number of hydrogen-bond acceptors (Lipinski definition) is 2. The van der Waals surface area contributed by atoms with Crippen LogP contribution in [-0.2, 0) is 0 Å². The van der Waals surface area contributed by atoms with Crippen molar-refractivity contribution >= 4 is 15.9 Å². The SMILES string of the molecule is COc1cc(Br)cc(C)c1OC. The van der Waals surface area contributed by atoms with Crippen molar-refractivity contribution < 1.29 is 9.47 Å². The minimum absolute atomic E-state index is 0.754. The van der Waals surface area contributed by atoms with Gasteiger partial charge in [0.05, 0.1) is 14.2 Å². The van der Waals surface area contributed by atoms with Gasteiger partial charge in [-0.05, 0) is 24.6 Å². The molecule has 66 valence electrons. The molecule has 1 aromatic carbocycles. The Labute approximate surface area is 80.6 Å². The van der Waals surface area contributed by atoms with Crippen LogP contribution in [0.25, 0.3) is 0 Å². The first-order valence-electron chi connectivity index (χ1n) is 3.57. The molecule has 0 aromatic heterocycles. The lowest BCUT2D eigenvalue weighted by molar-refractivity contribution is 0.352. The van der Waals surface area contributed by atoms with Crippen LogP contribution in [0.2, 0.25) is 0 Å². The maximum Gasteiger partial charge on any atom is 0.163 e. The predicted octanol–water partition coefficient (Wildman–Crippen LogP) is 2.77. The highest BCUT2D eigenvalue weighted by Crippen LogP contribution is 2.33. The molecule has 3 heteroatoms. The average Bonchev–Trinajstić information content (AvgIpc) is 2.03. The molecule has 0 aliphatic rings. The summed E-state index contributed by atoms with van der Waals surface area (Å²) >= 11 is 3.38. The Morgan fingerprint density at radius 1 is 1.17 bits per heavy atom. The van der Waals surface area contributed by atoms with Gasteiger partial charge in [0.1, 0.15) is 0 Å². The molecule has 0 saturated carbocycles. The van der Waals surface area contributed by atoms with Gasteiger partial charge in [-0.25, -0.2) is 0 Å². The summed E-state index contributed by atoms with van der Waals surface area (Å²) in [6, 6.07) is 3.87. The fraction of sp³-hybridized carbons (Fsp3) is 0.333. The third kappa shape index (κ3) is 1.72. The molecule has 0 atom stereocenters. The summed E-state index contributed by atoms with van der Waals surface area (Å²) in [6.45, 7) is 1.98. The highest BCUT2D eigenvalue weighted by atomic mass is 79.9. The Morgan fingerprint density at radius 2 is 1.83 bits per heavy atom. The van der Waals surface area contributed by atoms with E-state index in [9.17, 15) is 0 Å². The zero-order valence-corrected chi connectivity index (χ0v) is 8.94. The molecule has 12 heavy (non-hydrogen) atoms. The molecule has 0 N–H and O–H groups in total. The van der Waals surface area contributed by atoms with Gasteiger partial charge < -0.3 is 9.47 Å². The summed E-state index contributed by atoms with van der Waals surface area (Å²) in [5.41, 5.74) is 1.06. The summed E-state index contributed by atoms with van der Waals surface area (Å²) < 4.78 is 11.3. The average molecular weight is 231 g/mol. The number of aryl methyl sites for hydroxylation is 1. The van der Waals surface area contributed by atoms with Gasteiger partial charge >= 0.3 is 0 Å². The Bertz CT molecular complexity index is 284. The first-order chi connectivity index (χ1) is 5.69. The minimum Gasteiger partial charge on any atom is -0.493 e. The number of rotatable bonds is 2. The van der Waals surface area contributed by atoms with E-state index in [-0.39, 0.29) is 0 Å². The molecule has 1 rings (SSSR count). The van der Waals surface area contributed by atoms with Crippen molar-refractivity contribution in [2.45, 2.75) is 6.92 Å². The van der Waals surface area contributed by atoms with Gasteiger partial charge in [0.25, 0.3) is 0 Å². The molecule has 1 aromatic rings. The van der Waals surface area contributed by atoms with Crippen LogP contribution in [-0.4, -0.2) is 14.2 Å². The van der Waals surface area contributed by atoms with Gasteiger partial charge in [-0.15, -0.1) is 0 Å². The van der Waals surface area contributed by atoms with Crippen LogP contribution in [0.5, 0.6) is 11.5 Å². The fourth-order valence-corrected chi connectivity index (χ4v) is 1.66.